The van der Waals surface area contributed by atoms with Crippen LogP contribution in [0.15, 0.2) is 0 Å². The molecule has 24 heavy (non-hydrogen) atoms. The van der Waals surface area contributed by atoms with Crippen molar-refractivity contribution in [2.24, 2.45) is 0 Å². The zero-order valence-electron chi connectivity index (χ0n) is 15.8. The number of hydrogen-bond acceptors (Lipinski definition) is 4. The van der Waals surface area contributed by atoms with Gasteiger partial charge >= 0.3 is 6.09 Å². The highest BCUT2D eigenvalue weighted by molar-refractivity contribution is 6.74. The van der Waals surface area contributed by atoms with Crippen LogP contribution in [-0.2, 0) is 4.43 Å². The molecule has 2 fully saturated rings. The van der Waals surface area contributed by atoms with E-state index in [0.29, 0.717) is 39.1 Å². The molecular formula is C17H34N2O4Si. The Morgan fingerprint density at radius 3 is 2.17 bits per heavy atom. The maximum Gasteiger partial charge on any atom is 0.407 e. The van der Waals surface area contributed by atoms with Gasteiger partial charge in [-0.05, 0) is 43.8 Å². The highest BCUT2D eigenvalue weighted by Gasteiger charge is 2.47. The van der Waals surface area contributed by atoms with Gasteiger partial charge in [-0.3, -0.25) is 0 Å². The first-order chi connectivity index (χ1) is 10.9. The van der Waals surface area contributed by atoms with Crippen LogP contribution in [0.3, 0.4) is 0 Å². The molecule has 1 aliphatic carbocycles. The number of amides is 1. The molecular weight excluding hydrogens is 324 g/mol. The van der Waals surface area contributed by atoms with Crippen LogP contribution in [0.2, 0.25) is 18.1 Å². The van der Waals surface area contributed by atoms with Gasteiger partial charge in [0.1, 0.15) is 0 Å². The minimum absolute atomic E-state index is 0.00911. The SMILES string of the molecule is CC(C)(C)[Si](C)(C)OCC1(NCC2(O)CCN(C(=O)O)CC2)CC1. The van der Waals surface area contributed by atoms with Gasteiger partial charge < -0.3 is 24.9 Å². The number of β-amino-alcohol motifs (C(OH)–C–C–N with tert-alkyl or cyclic N) is 1. The number of aliphatic hydroxyl groups is 1. The third-order valence-corrected chi connectivity index (χ3v) is 10.6. The molecule has 0 bridgehead atoms. The van der Waals surface area contributed by atoms with Gasteiger partial charge in [0.15, 0.2) is 8.32 Å². The van der Waals surface area contributed by atoms with Crippen LogP contribution in [0.4, 0.5) is 4.79 Å². The van der Waals surface area contributed by atoms with Crippen LogP contribution < -0.4 is 5.32 Å². The predicted molar refractivity (Wildman–Crippen MR) is 96.9 cm³/mol. The summed E-state index contributed by atoms with van der Waals surface area (Å²) in [5, 5.41) is 23.4. The number of nitrogens with zero attached hydrogens (tertiary/aromatic N) is 1. The van der Waals surface area contributed by atoms with Crippen molar-refractivity contribution in [3.63, 3.8) is 0 Å². The molecule has 3 N–H and O–H groups in total. The molecule has 0 aromatic carbocycles. The van der Waals surface area contributed by atoms with Gasteiger partial charge in [0, 0.05) is 25.2 Å². The minimum Gasteiger partial charge on any atom is -0.465 e. The molecule has 0 atom stereocenters. The average molecular weight is 359 g/mol. The monoisotopic (exact) mass is 358 g/mol. The first-order valence-electron chi connectivity index (χ1n) is 8.98. The first kappa shape index (κ1) is 19.7. The zero-order valence-corrected chi connectivity index (χ0v) is 16.8. The van der Waals surface area contributed by atoms with Gasteiger partial charge in [-0.15, -0.1) is 0 Å². The molecule has 140 valence electrons. The van der Waals surface area contributed by atoms with Gasteiger partial charge in [-0.2, -0.15) is 0 Å². The van der Waals surface area contributed by atoms with E-state index in [9.17, 15) is 9.90 Å². The number of carboxylic acid groups (broad SMARTS) is 1. The van der Waals surface area contributed by atoms with E-state index in [4.69, 9.17) is 9.53 Å². The van der Waals surface area contributed by atoms with E-state index in [2.05, 4.69) is 39.2 Å². The second-order valence-corrected chi connectivity index (χ2v) is 14.0. The van der Waals surface area contributed by atoms with Gasteiger partial charge in [-0.25, -0.2) is 4.79 Å². The highest BCUT2D eigenvalue weighted by atomic mass is 28.4. The molecule has 0 aromatic heterocycles. The van der Waals surface area contributed by atoms with Crippen molar-refractivity contribution >= 4 is 14.4 Å². The lowest BCUT2D eigenvalue weighted by Crippen LogP contribution is -2.54. The number of rotatable bonds is 6. The summed E-state index contributed by atoms with van der Waals surface area (Å²) in [5.41, 5.74) is -0.798. The first-order valence-corrected chi connectivity index (χ1v) is 11.9. The summed E-state index contributed by atoms with van der Waals surface area (Å²) in [4.78, 5) is 12.3. The maximum atomic E-state index is 11.0. The maximum absolute atomic E-state index is 11.0. The van der Waals surface area contributed by atoms with E-state index < -0.39 is 20.0 Å². The molecule has 6 nitrogen and oxygen atoms in total. The fraction of sp³-hybridized carbons (Fsp3) is 0.941. The van der Waals surface area contributed by atoms with E-state index in [1.54, 1.807) is 0 Å². The normalized spacial score (nSPS) is 23.2. The lowest BCUT2D eigenvalue weighted by molar-refractivity contribution is -0.0192. The lowest BCUT2D eigenvalue weighted by atomic mass is 9.91. The number of nitrogens with one attached hydrogen (secondary N) is 1. The van der Waals surface area contributed by atoms with E-state index in [-0.39, 0.29) is 10.6 Å². The molecule has 1 saturated carbocycles. The topological polar surface area (TPSA) is 82.0 Å². The number of likely N-dealkylation sites (tertiary alicyclic amines) is 1. The van der Waals surface area contributed by atoms with Crippen molar-refractivity contribution in [1.82, 2.24) is 10.2 Å². The second kappa shape index (κ2) is 6.59. The number of piperidine rings is 1. The van der Waals surface area contributed by atoms with Crippen LogP contribution in [0.5, 0.6) is 0 Å². The summed E-state index contributed by atoms with van der Waals surface area (Å²) in [6.45, 7) is 13.3. The lowest BCUT2D eigenvalue weighted by Gasteiger charge is -2.39. The molecule has 0 aromatic rings. The molecule has 0 unspecified atom stereocenters. The summed E-state index contributed by atoms with van der Waals surface area (Å²) in [5.74, 6) is 0. The Kier molecular flexibility index (Phi) is 5.41. The van der Waals surface area contributed by atoms with Crippen molar-refractivity contribution in [3.8, 4) is 0 Å². The molecule has 7 heteroatoms. The van der Waals surface area contributed by atoms with Crippen molar-refractivity contribution in [2.75, 3.05) is 26.2 Å². The third-order valence-electron chi connectivity index (χ3n) is 6.13. The average Bonchev–Trinajstić information content (AvgIpc) is 3.23. The molecule has 1 amide bonds. The van der Waals surface area contributed by atoms with Gasteiger partial charge in [0.25, 0.3) is 0 Å². The summed E-state index contributed by atoms with van der Waals surface area (Å²) in [6.07, 6.45) is 2.25. The zero-order chi connectivity index (χ0) is 18.2. The molecule has 1 heterocycles. The van der Waals surface area contributed by atoms with Crippen molar-refractivity contribution in [1.29, 1.82) is 0 Å². The molecule has 2 aliphatic rings. The minimum atomic E-state index is -1.76. The third kappa shape index (κ3) is 4.71. The molecule has 1 aliphatic heterocycles. The Morgan fingerprint density at radius 2 is 1.75 bits per heavy atom. The van der Waals surface area contributed by atoms with E-state index in [0.717, 1.165) is 12.8 Å². The fourth-order valence-electron chi connectivity index (χ4n) is 2.70. The number of hydrogen-bond donors (Lipinski definition) is 3. The van der Waals surface area contributed by atoms with E-state index in [1.807, 2.05) is 0 Å². The standard InChI is InChI=1S/C17H34N2O4Si/c1-15(2,3)24(4,5)23-13-16(6-7-16)18-12-17(22)8-10-19(11-9-17)14(20)21/h18,22H,6-13H2,1-5H3,(H,20,21). The Labute approximate surface area is 146 Å². The Morgan fingerprint density at radius 1 is 1.21 bits per heavy atom. The van der Waals surface area contributed by atoms with Gasteiger partial charge in [-0.1, -0.05) is 20.8 Å². The largest absolute Gasteiger partial charge is 0.465 e. The molecule has 1 saturated heterocycles. The Hall–Kier alpha value is -0.633. The summed E-state index contributed by atoms with van der Waals surface area (Å²) >= 11 is 0. The van der Waals surface area contributed by atoms with E-state index >= 15 is 0 Å². The van der Waals surface area contributed by atoms with Crippen molar-refractivity contribution in [2.45, 2.75) is 75.7 Å². The van der Waals surface area contributed by atoms with Crippen LogP contribution in [0, 0.1) is 0 Å². The Balaban J connectivity index is 1.81. The Bertz CT molecular complexity index is 464. The van der Waals surface area contributed by atoms with E-state index in [1.165, 1.54) is 4.90 Å². The van der Waals surface area contributed by atoms with Crippen LogP contribution in [0.1, 0.15) is 46.5 Å². The molecule has 2 rings (SSSR count). The quantitative estimate of drug-likeness (QED) is 0.636. The van der Waals surface area contributed by atoms with Crippen molar-refractivity contribution < 1.29 is 19.4 Å². The van der Waals surface area contributed by atoms with Crippen LogP contribution in [-0.4, -0.2) is 66.9 Å². The molecule has 0 radical (unpaired) electrons. The van der Waals surface area contributed by atoms with Crippen LogP contribution >= 0.6 is 0 Å². The highest BCUT2D eigenvalue weighted by Crippen LogP contribution is 2.41. The summed E-state index contributed by atoms with van der Waals surface area (Å²) in [7, 11) is -1.76. The van der Waals surface area contributed by atoms with Gasteiger partial charge in [0.2, 0.25) is 0 Å². The number of carbonyl (C=O) groups is 1. The summed E-state index contributed by atoms with van der Waals surface area (Å²) < 4.78 is 6.35. The predicted octanol–water partition coefficient (Wildman–Crippen LogP) is 2.64. The van der Waals surface area contributed by atoms with Crippen molar-refractivity contribution in [3.05, 3.63) is 0 Å². The van der Waals surface area contributed by atoms with Gasteiger partial charge in [0.05, 0.1) is 12.2 Å². The molecule has 0 spiro atoms. The van der Waals surface area contributed by atoms with Crippen LogP contribution in [0.25, 0.3) is 0 Å². The summed E-state index contributed by atoms with van der Waals surface area (Å²) in [6, 6.07) is 0. The second-order valence-electron chi connectivity index (χ2n) is 9.18. The smallest absolute Gasteiger partial charge is 0.407 e. The fourth-order valence-corrected chi connectivity index (χ4v) is 3.77.